The average Bonchev–Trinajstić information content (AvgIpc) is 2.99. The summed E-state index contributed by atoms with van der Waals surface area (Å²) in [6, 6.07) is 14.7. The number of rotatable bonds is 6. The summed E-state index contributed by atoms with van der Waals surface area (Å²) in [5.41, 5.74) is 0.764. The third kappa shape index (κ3) is 4.93. The molecule has 8 heteroatoms. The van der Waals surface area contributed by atoms with Gasteiger partial charge >= 0.3 is 0 Å². The minimum Gasteiger partial charge on any atom is -0.305 e. The standard InChI is InChI=1S/C20H18N2O3S3/c1-3-12-22-17-10-9-16(28(2,24)25)14-18(17)27-20(22)21-19(23)11-13-26-15-7-5-4-6-8-15/h1,4-10,14H,11-13H2,2H3. The van der Waals surface area contributed by atoms with Gasteiger partial charge in [0.2, 0.25) is 5.91 Å². The van der Waals surface area contributed by atoms with Crippen molar-refractivity contribution in [1.82, 2.24) is 4.57 Å². The maximum absolute atomic E-state index is 12.3. The van der Waals surface area contributed by atoms with Gasteiger partial charge in [-0.15, -0.1) is 18.2 Å². The molecule has 0 bridgehead atoms. The van der Waals surface area contributed by atoms with Gasteiger partial charge in [0.05, 0.1) is 21.7 Å². The van der Waals surface area contributed by atoms with Crippen LogP contribution in [0.1, 0.15) is 6.42 Å². The molecule has 28 heavy (non-hydrogen) atoms. The summed E-state index contributed by atoms with van der Waals surface area (Å²) in [7, 11) is -3.31. The molecule has 0 unspecified atom stereocenters. The van der Waals surface area contributed by atoms with Crippen molar-refractivity contribution in [3.05, 3.63) is 53.3 Å². The molecule has 0 radical (unpaired) electrons. The number of nitrogens with zero attached hydrogens (tertiary/aromatic N) is 2. The molecule has 0 spiro atoms. The Morgan fingerprint density at radius 2 is 2.00 bits per heavy atom. The first-order chi connectivity index (χ1) is 13.4. The molecule has 0 aliphatic heterocycles. The van der Waals surface area contributed by atoms with E-state index in [2.05, 4.69) is 10.9 Å². The Hall–Kier alpha value is -2.34. The zero-order valence-electron chi connectivity index (χ0n) is 15.2. The monoisotopic (exact) mass is 430 g/mol. The average molecular weight is 431 g/mol. The summed E-state index contributed by atoms with van der Waals surface area (Å²) in [5.74, 6) is 2.96. The van der Waals surface area contributed by atoms with Crippen molar-refractivity contribution in [1.29, 1.82) is 0 Å². The van der Waals surface area contributed by atoms with Gasteiger partial charge in [-0.05, 0) is 30.3 Å². The van der Waals surface area contributed by atoms with Gasteiger partial charge in [-0.1, -0.05) is 35.5 Å². The summed E-state index contributed by atoms with van der Waals surface area (Å²) in [6.07, 6.45) is 6.93. The Labute approximate surface area is 172 Å². The molecule has 0 fully saturated rings. The Balaban J connectivity index is 1.86. The van der Waals surface area contributed by atoms with Crippen molar-refractivity contribution in [3.63, 3.8) is 0 Å². The number of hydrogen-bond donors (Lipinski definition) is 0. The van der Waals surface area contributed by atoms with E-state index in [1.807, 2.05) is 30.3 Å². The lowest BCUT2D eigenvalue weighted by Gasteiger charge is -2.01. The van der Waals surface area contributed by atoms with Crippen LogP contribution in [-0.2, 0) is 21.2 Å². The molecule has 1 amide bonds. The summed E-state index contributed by atoms with van der Waals surface area (Å²) >= 11 is 2.86. The van der Waals surface area contributed by atoms with E-state index < -0.39 is 9.84 Å². The number of aromatic nitrogens is 1. The van der Waals surface area contributed by atoms with Crippen LogP contribution < -0.4 is 4.80 Å². The third-order valence-electron chi connectivity index (χ3n) is 3.88. The molecule has 3 rings (SSSR count). The molecule has 0 aliphatic carbocycles. The Bertz CT molecular complexity index is 1220. The topological polar surface area (TPSA) is 68.5 Å². The van der Waals surface area contributed by atoms with Crippen LogP contribution in [0.25, 0.3) is 10.2 Å². The van der Waals surface area contributed by atoms with Crippen molar-refractivity contribution in [2.75, 3.05) is 12.0 Å². The first kappa shape index (κ1) is 20.4. The predicted octanol–water partition coefficient (Wildman–Crippen LogP) is 3.35. The molecule has 0 atom stereocenters. The zero-order chi connectivity index (χ0) is 20.1. The number of benzene rings is 2. The van der Waals surface area contributed by atoms with E-state index >= 15 is 0 Å². The minimum atomic E-state index is -3.31. The minimum absolute atomic E-state index is 0.228. The quantitative estimate of drug-likeness (QED) is 0.444. The van der Waals surface area contributed by atoms with E-state index in [0.717, 1.165) is 21.4 Å². The largest absolute Gasteiger partial charge is 0.305 e. The molecule has 0 N–H and O–H groups in total. The summed E-state index contributed by atoms with van der Waals surface area (Å²) in [4.78, 5) is 18.4. The second-order valence-corrected chi connectivity index (χ2v) is 10.2. The van der Waals surface area contributed by atoms with E-state index in [4.69, 9.17) is 6.42 Å². The lowest BCUT2D eigenvalue weighted by Crippen LogP contribution is -2.16. The highest BCUT2D eigenvalue weighted by Gasteiger charge is 2.12. The summed E-state index contributed by atoms with van der Waals surface area (Å²) < 4.78 is 26.1. The SMILES string of the molecule is C#CCn1c(=NC(=O)CCSc2ccccc2)sc2cc(S(C)(=O)=O)ccc21. The number of hydrogen-bond acceptors (Lipinski definition) is 5. The number of amides is 1. The van der Waals surface area contributed by atoms with E-state index in [9.17, 15) is 13.2 Å². The number of thiazole rings is 1. The molecular formula is C20H18N2O3S3. The fraction of sp³-hybridized carbons (Fsp3) is 0.200. The zero-order valence-corrected chi connectivity index (χ0v) is 17.6. The molecule has 0 saturated heterocycles. The predicted molar refractivity (Wildman–Crippen MR) is 114 cm³/mol. The van der Waals surface area contributed by atoms with Crippen LogP contribution in [0.2, 0.25) is 0 Å². The van der Waals surface area contributed by atoms with Crippen molar-refractivity contribution >= 4 is 49.1 Å². The van der Waals surface area contributed by atoms with Gasteiger partial charge < -0.3 is 4.57 Å². The van der Waals surface area contributed by atoms with Gasteiger partial charge in [0.15, 0.2) is 14.6 Å². The molecule has 5 nitrogen and oxygen atoms in total. The van der Waals surface area contributed by atoms with Crippen molar-refractivity contribution in [2.24, 2.45) is 4.99 Å². The number of fused-ring (bicyclic) bond motifs is 1. The van der Waals surface area contributed by atoms with Gasteiger partial charge in [-0.3, -0.25) is 4.79 Å². The molecule has 1 heterocycles. The fourth-order valence-electron chi connectivity index (χ4n) is 2.55. The maximum Gasteiger partial charge on any atom is 0.249 e. The highest BCUT2D eigenvalue weighted by Crippen LogP contribution is 2.22. The number of terminal acetylenes is 1. The smallest absolute Gasteiger partial charge is 0.249 e. The second kappa shape index (κ2) is 8.78. The first-order valence-electron chi connectivity index (χ1n) is 8.41. The summed E-state index contributed by atoms with van der Waals surface area (Å²) in [6.45, 7) is 0.253. The van der Waals surface area contributed by atoms with Crippen molar-refractivity contribution in [2.45, 2.75) is 22.8 Å². The van der Waals surface area contributed by atoms with E-state index in [-0.39, 0.29) is 17.3 Å². The number of sulfone groups is 1. The van der Waals surface area contributed by atoms with Crippen LogP contribution in [0.3, 0.4) is 0 Å². The van der Waals surface area contributed by atoms with E-state index in [1.54, 1.807) is 34.5 Å². The van der Waals surface area contributed by atoms with Gasteiger partial charge in [0.25, 0.3) is 0 Å². The van der Waals surface area contributed by atoms with Crippen LogP contribution in [0.4, 0.5) is 0 Å². The normalized spacial score (nSPS) is 12.2. The molecule has 144 valence electrons. The van der Waals surface area contributed by atoms with Gasteiger partial charge in [-0.25, -0.2) is 8.42 Å². The van der Waals surface area contributed by atoms with Crippen LogP contribution in [0.5, 0.6) is 0 Å². The molecule has 2 aromatic carbocycles. The highest BCUT2D eigenvalue weighted by molar-refractivity contribution is 7.99. The van der Waals surface area contributed by atoms with Crippen molar-refractivity contribution < 1.29 is 13.2 Å². The molecule has 1 aromatic heterocycles. The Morgan fingerprint density at radius 1 is 1.25 bits per heavy atom. The first-order valence-corrected chi connectivity index (χ1v) is 12.1. The number of carbonyl (C=O) groups is 1. The highest BCUT2D eigenvalue weighted by atomic mass is 32.2. The molecule has 0 saturated carbocycles. The van der Waals surface area contributed by atoms with Crippen molar-refractivity contribution in [3.8, 4) is 12.3 Å². The van der Waals surface area contributed by atoms with Gasteiger partial charge in [0.1, 0.15) is 0 Å². The number of carbonyl (C=O) groups excluding carboxylic acids is 1. The second-order valence-electron chi connectivity index (χ2n) is 5.99. The summed E-state index contributed by atoms with van der Waals surface area (Å²) in [5, 5.41) is 0. The molecular weight excluding hydrogens is 412 g/mol. The van der Waals surface area contributed by atoms with Gasteiger partial charge in [0, 0.05) is 23.3 Å². The Kier molecular flexibility index (Phi) is 6.39. The van der Waals surface area contributed by atoms with Crippen LogP contribution in [-0.4, -0.2) is 30.9 Å². The third-order valence-corrected chi connectivity index (χ3v) is 7.05. The van der Waals surface area contributed by atoms with Gasteiger partial charge in [-0.2, -0.15) is 4.99 Å². The maximum atomic E-state index is 12.3. The van der Waals surface area contributed by atoms with E-state index in [0.29, 0.717) is 17.0 Å². The number of thioether (sulfide) groups is 1. The molecule has 3 aromatic rings. The van der Waals surface area contributed by atoms with Crippen LogP contribution in [0, 0.1) is 12.3 Å². The fourth-order valence-corrected chi connectivity index (χ4v) is 5.22. The van der Waals surface area contributed by atoms with Crippen LogP contribution >= 0.6 is 23.1 Å². The van der Waals surface area contributed by atoms with Crippen LogP contribution in [0.15, 0.2) is 63.3 Å². The Morgan fingerprint density at radius 3 is 2.68 bits per heavy atom. The molecule has 0 aliphatic rings. The lowest BCUT2D eigenvalue weighted by atomic mass is 10.3. The lowest BCUT2D eigenvalue weighted by molar-refractivity contribution is -0.117. The van der Waals surface area contributed by atoms with E-state index in [1.165, 1.54) is 11.3 Å².